The molecule has 0 aliphatic heterocycles. The molecule has 0 aliphatic carbocycles. The van der Waals surface area contributed by atoms with E-state index in [0.29, 0.717) is 0 Å². The lowest BCUT2D eigenvalue weighted by molar-refractivity contribution is -0.320. The summed E-state index contributed by atoms with van der Waals surface area (Å²) in [6.45, 7) is 0. The van der Waals surface area contributed by atoms with E-state index in [4.69, 9.17) is 0 Å². The fourth-order valence-electron chi connectivity index (χ4n) is 0.949. The number of esters is 2. The highest BCUT2D eigenvalue weighted by Crippen LogP contribution is 2.37. The zero-order chi connectivity index (χ0) is 19.7. The highest BCUT2D eigenvalue weighted by Gasteiger charge is 2.62. The van der Waals surface area contributed by atoms with Gasteiger partial charge in [0.15, 0.2) is 0 Å². The molecule has 0 bridgehead atoms. The van der Waals surface area contributed by atoms with Crippen molar-refractivity contribution in [3.8, 4) is 0 Å². The van der Waals surface area contributed by atoms with E-state index in [1.807, 2.05) is 0 Å². The Labute approximate surface area is 122 Å². The minimum Gasteiger partial charge on any atom is -0.434 e. The number of carbonyl (C=O) groups excluding carboxylic acids is 2. The monoisotopic (exact) mass is 390 g/mol. The van der Waals surface area contributed by atoms with Crippen molar-refractivity contribution < 1.29 is 71.7 Å². The molecule has 0 atom stereocenters. The number of rotatable bonds is 2. The van der Waals surface area contributed by atoms with Crippen LogP contribution in [-0.2, 0) is 19.1 Å². The SMILES string of the molecule is O=C(OC(C(F)(F)F)C(F)(F)F)C(=O)OC(C(F)(F)F)C(F)(F)F. The van der Waals surface area contributed by atoms with Crippen LogP contribution >= 0.6 is 0 Å². The zero-order valence-electron chi connectivity index (χ0n) is 10.3. The number of ether oxygens (including phenoxy) is 2. The Hall–Kier alpha value is -1.90. The van der Waals surface area contributed by atoms with Crippen LogP contribution in [0.25, 0.3) is 0 Å². The maximum atomic E-state index is 12.0. The first kappa shape index (κ1) is 22.1. The Balaban J connectivity index is 5.28. The molecule has 142 valence electrons. The molecule has 0 aliphatic rings. The van der Waals surface area contributed by atoms with Crippen molar-refractivity contribution in [1.82, 2.24) is 0 Å². The summed E-state index contributed by atoms with van der Waals surface area (Å²) in [5, 5.41) is 0. The molecule has 24 heavy (non-hydrogen) atoms. The van der Waals surface area contributed by atoms with Crippen LogP contribution in [0, 0.1) is 0 Å². The van der Waals surface area contributed by atoms with E-state index in [-0.39, 0.29) is 0 Å². The number of hydrogen-bond donors (Lipinski definition) is 0. The van der Waals surface area contributed by atoms with Crippen molar-refractivity contribution in [1.29, 1.82) is 0 Å². The van der Waals surface area contributed by atoms with Crippen molar-refractivity contribution >= 4 is 11.9 Å². The van der Waals surface area contributed by atoms with Crippen LogP contribution in [0.2, 0.25) is 0 Å². The highest BCUT2D eigenvalue weighted by atomic mass is 19.4. The standard InChI is InChI=1S/C8H2F12O4/c9-5(10,11)3(6(12,13)14)23-1(21)2(22)24-4(7(15,16)17)8(18,19)20/h3-4H. The molecule has 0 aromatic carbocycles. The van der Waals surface area contributed by atoms with E-state index in [9.17, 15) is 62.3 Å². The Kier molecular flexibility index (Phi) is 6.02. The van der Waals surface area contributed by atoms with E-state index in [2.05, 4.69) is 9.47 Å². The minimum absolute atomic E-state index is 2.57. The van der Waals surface area contributed by atoms with Crippen LogP contribution in [0.5, 0.6) is 0 Å². The molecule has 16 heteroatoms. The summed E-state index contributed by atoms with van der Waals surface area (Å²) >= 11 is 0. The van der Waals surface area contributed by atoms with Gasteiger partial charge in [-0.1, -0.05) is 0 Å². The largest absolute Gasteiger partial charge is 0.434 e. The molecule has 0 saturated heterocycles. The van der Waals surface area contributed by atoms with Gasteiger partial charge in [-0.25, -0.2) is 9.59 Å². The molecule has 0 saturated carbocycles. The third-order valence-electron chi connectivity index (χ3n) is 1.81. The normalized spacial score (nSPS) is 14.1. The van der Waals surface area contributed by atoms with Crippen LogP contribution in [0.4, 0.5) is 52.7 Å². The van der Waals surface area contributed by atoms with Gasteiger partial charge in [0, 0.05) is 0 Å². The Morgan fingerprint density at radius 2 is 0.667 bits per heavy atom. The van der Waals surface area contributed by atoms with Gasteiger partial charge in [0.1, 0.15) is 0 Å². The molecule has 0 spiro atoms. The fourth-order valence-corrected chi connectivity index (χ4v) is 0.949. The van der Waals surface area contributed by atoms with E-state index < -0.39 is 48.9 Å². The Morgan fingerprint density at radius 3 is 0.792 bits per heavy atom. The average molecular weight is 390 g/mol. The second-order valence-electron chi connectivity index (χ2n) is 3.74. The molecule has 0 rings (SSSR count). The van der Waals surface area contributed by atoms with Gasteiger partial charge in [-0.15, -0.1) is 0 Å². The van der Waals surface area contributed by atoms with E-state index >= 15 is 0 Å². The van der Waals surface area contributed by atoms with Gasteiger partial charge >= 0.3 is 36.6 Å². The molecule has 0 fully saturated rings. The number of alkyl halides is 12. The summed E-state index contributed by atoms with van der Waals surface area (Å²) in [4.78, 5) is 21.2. The van der Waals surface area contributed by atoms with Crippen molar-refractivity contribution in [2.45, 2.75) is 36.9 Å². The summed E-state index contributed by atoms with van der Waals surface area (Å²) in [6.07, 6.45) is -35.3. The average Bonchev–Trinajstić information content (AvgIpc) is 2.26. The lowest BCUT2D eigenvalue weighted by atomic mass is 10.3. The first-order valence-corrected chi connectivity index (χ1v) is 4.96. The van der Waals surface area contributed by atoms with Gasteiger partial charge in [0.05, 0.1) is 0 Å². The zero-order valence-corrected chi connectivity index (χ0v) is 10.3. The molecular weight excluding hydrogens is 388 g/mol. The summed E-state index contributed by atoms with van der Waals surface area (Å²) in [7, 11) is 0. The second-order valence-corrected chi connectivity index (χ2v) is 3.74. The van der Waals surface area contributed by atoms with Crippen molar-refractivity contribution in [3.05, 3.63) is 0 Å². The molecule has 0 radical (unpaired) electrons. The molecule has 0 amide bonds. The summed E-state index contributed by atoms with van der Waals surface area (Å²) in [5.41, 5.74) is 0. The number of hydrogen-bond acceptors (Lipinski definition) is 4. The summed E-state index contributed by atoms with van der Waals surface area (Å²) in [6, 6.07) is 0. The maximum absolute atomic E-state index is 12.0. The highest BCUT2D eigenvalue weighted by molar-refractivity contribution is 6.29. The lowest BCUT2D eigenvalue weighted by Gasteiger charge is -2.24. The van der Waals surface area contributed by atoms with Crippen molar-refractivity contribution in [2.75, 3.05) is 0 Å². The maximum Gasteiger partial charge on any atom is 0.434 e. The fraction of sp³-hybridized carbons (Fsp3) is 0.750. The molecule has 0 heterocycles. The van der Waals surface area contributed by atoms with E-state index in [0.717, 1.165) is 0 Å². The van der Waals surface area contributed by atoms with Crippen LogP contribution in [0.1, 0.15) is 0 Å². The van der Waals surface area contributed by atoms with Crippen molar-refractivity contribution in [3.63, 3.8) is 0 Å². The van der Waals surface area contributed by atoms with Gasteiger partial charge in [-0.3, -0.25) is 0 Å². The van der Waals surface area contributed by atoms with E-state index in [1.165, 1.54) is 0 Å². The smallest absolute Gasteiger partial charge is 0.434 e. The molecule has 0 aromatic heterocycles. The third kappa shape index (κ3) is 6.31. The summed E-state index contributed by atoms with van der Waals surface area (Å²) < 4.78 is 149. The quantitative estimate of drug-likeness (QED) is 0.413. The topological polar surface area (TPSA) is 52.6 Å². The molecular formula is C8H2F12O4. The number of carbonyl (C=O) groups is 2. The molecule has 0 aromatic rings. The third-order valence-corrected chi connectivity index (χ3v) is 1.81. The summed E-state index contributed by atoms with van der Waals surface area (Å²) in [5.74, 6) is -6.71. The van der Waals surface area contributed by atoms with Gasteiger partial charge in [0.25, 0.3) is 12.2 Å². The first-order chi connectivity index (χ1) is 10.3. The molecule has 0 unspecified atom stereocenters. The van der Waals surface area contributed by atoms with Gasteiger partial charge in [0.2, 0.25) is 0 Å². The van der Waals surface area contributed by atoms with Gasteiger partial charge in [-0.2, -0.15) is 52.7 Å². The minimum atomic E-state index is -6.35. The van der Waals surface area contributed by atoms with Gasteiger partial charge < -0.3 is 9.47 Å². The number of halogens is 12. The van der Waals surface area contributed by atoms with Gasteiger partial charge in [-0.05, 0) is 0 Å². The predicted octanol–water partition coefficient (Wildman–Crippen LogP) is 3.06. The first-order valence-electron chi connectivity index (χ1n) is 4.96. The van der Waals surface area contributed by atoms with Crippen LogP contribution in [0.15, 0.2) is 0 Å². The van der Waals surface area contributed by atoms with Crippen LogP contribution in [0.3, 0.4) is 0 Å². The Bertz CT molecular complexity index is 397. The van der Waals surface area contributed by atoms with Crippen LogP contribution in [-0.4, -0.2) is 48.9 Å². The van der Waals surface area contributed by atoms with E-state index in [1.54, 1.807) is 0 Å². The second kappa shape index (κ2) is 6.54. The predicted molar refractivity (Wildman–Crippen MR) is 44.0 cm³/mol. The lowest BCUT2D eigenvalue weighted by Crippen LogP contribution is -2.49. The molecule has 4 nitrogen and oxygen atoms in total. The van der Waals surface area contributed by atoms with Crippen molar-refractivity contribution in [2.24, 2.45) is 0 Å². The molecule has 0 N–H and O–H groups in total. The van der Waals surface area contributed by atoms with Crippen LogP contribution < -0.4 is 0 Å². The Morgan fingerprint density at radius 1 is 0.500 bits per heavy atom.